The van der Waals surface area contributed by atoms with Gasteiger partial charge in [0.25, 0.3) is 5.91 Å². The van der Waals surface area contributed by atoms with Crippen LogP contribution >= 0.6 is 11.6 Å². The zero-order valence-electron chi connectivity index (χ0n) is 18.2. The summed E-state index contributed by atoms with van der Waals surface area (Å²) in [5, 5.41) is 12.8. The van der Waals surface area contributed by atoms with Crippen LogP contribution in [0.4, 0.5) is 5.69 Å². The molecular weight excluding hydrogens is 426 g/mol. The number of nitrogens with one attached hydrogen (secondary N) is 1. The number of anilines is 1. The lowest BCUT2D eigenvalue weighted by molar-refractivity contribution is -0.112. The fourth-order valence-corrected chi connectivity index (χ4v) is 3.59. The van der Waals surface area contributed by atoms with Crippen LogP contribution in [-0.2, 0) is 9.53 Å². The van der Waals surface area contributed by atoms with Crippen LogP contribution in [0, 0.1) is 32.1 Å². The van der Waals surface area contributed by atoms with Gasteiger partial charge in [-0.3, -0.25) is 4.79 Å². The number of hydrogen-bond donors (Lipinski definition) is 1. The second-order valence-corrected chi connectivity index (χ2v) is 7.72. The Labute approximate surface area is 191 Å². The first-order chi connectivity index (χ1) is 15.2. The SMILES string of the molecule is COC(=O)c1ccc(-n2c(C)cc(C=C(C#N)C(=O)Nc3cc(Cl)ccc3C)c2C)cc1. The van der Waals surface area contributed by atoms with E-state index in [1.54, 1.807) is 36.4 Å². The molecule has 1 amide bonds. The van der Waals surface area contributed by atoms with Crippen molar-refractivity contribution in [1.82, 2.24) is 4.57 Å². The topological polar surface area (TPSA) is 84.1 Å². The second-order valence-electron chi connectivity index (χ2n) is 7.28. The van der Waals surface area contributed by atoms with Gasteiger partial charge in [0.1, 0.15) is 11.6 Å². The molecule has 1 aromatic heterocycles. The van der Waals surface area contributed by atoms with Gasteiger partial charge in [-0.25, -0.2) is 4.79 Å². The third-order valence-corrected chi connectivity index (χ3v) is 5.36. The molecular formula is C25H22ClN3O3. The first-order valence-corrected chi connectivity index (χ1v) is 10.2. The van der Waals surface area contributed by atoms with E-state index in [9.17, 15) is 14.9 Å². The molecule has 7 heteroatoms. The molecule has 0 saturated heterocycles. The van der Waals surface area contributed by atoms with E-state index in [0.29, 0.717) is 16.3 Å². The maximum atomic E-state index is 12.7. The maximum Gasteiger partial charge on any atom is 0.337 e. The summed E-state index contributed by atoms with van der Waals surface area (Å²) in [6, 6.07) is 16.1. The molecule has 2 aromatic carbocycles. The van der Waals surface area contributed by atoms with Crippen LogP contribution < -0.4 is 5.32 Å². The molecule has 1 heterocycles. The van der Waals surface area contributed by atoms with Crippen LogP contribution in [0.3, 0.4) is 0 Å². The van der Waals surface area contributed by atoms with E-state index in [-0.39, 0.29) is 5.57 Å². The number of methoxy groups -OCH3 is 1. The van der Waals surface area contributed by atoms with Crippen molar-refractivity contribution in [3.05, 3.63) is 87.2 Å². The smallest absolute Gasteiger partial charge is 0.337 e. The number of amides is 1. The minimum Gasteiger partial charge on any atom is -0.465 e. The molecule has 32 heavy (non-hydrogen) atoms. The maximum absolute atomic E-state index is 12.7. The Hall–Kier alpha value is -3.82. The Morgan fingerprint density at radius 2 is 1.78 bits per heavy atom. The quantitative estimate of drug-likeness (QED) is 0.323. The van der Waals surface area contributed by atoms with Gasteiger partial charge in [-0.15, -0.1) is 0 Å². The summed E-state index contributed by atoms with van der Waals surface area (Å²) in [5.41, 5.74) is 5.20. The number of carbonyl (C=O) groups excluding carboxylic acids is 2. The van der Waals surface area contributed by atoms with Crippen molar-refractivity contribution in [2.75, 3.05) is 12.4 Å². The highest BCUT2D eigenvalue weighted by atomic mass is 35.5. The number of carbonyl (C=O) groups is 2. The zero-order chi connectivity index (χ0) is 23.4. The predicted octanol–water partition coefficient (Wildman–Crippen LogP) is 5.39. The summed E-state index contributed by atoms with van der Waals surface area (Å²) in [6.45, 7) is 5.68. The van der Waals surface area contributed by atoms with Gasteiger partial charge in [0.05, 0.1) is 12.7 Å². The fourth-order valence-electron chi connectivity index (χ4n) is 3.42. The van der Waals surface area contributed by atoms with Gasteiger partial charge in [0.15, 0.2) is 0 Å². The highest BCUT2D eigenvalue weighted by molar-refractivity contribution is 6.31. The highest BCUT2D eigenvalue weighted by Crippen LogP contribution is 2.25. The van der Waals surface area contributed by atoms with Crippen molar-refractivity contribution in [3.63, 3.8) is 0 Å². The molecule has 0 aliphatic carbocycles. The molecule has 0 radical (unpaired) electrons. The number of esters is 1. The van der Waals surface area contributed by atoms with E-state index in [0.717, 1.165) is 28.2 Å². The van der Waals surface area contributed by atoms with Crippen molar-refractivity contribution < 1.29 is 14.3 Å². The normalized spacial score (nSPS) is 11.1. The van der Waals surface area contributed by atoms with Crippen molar-refractivity contribution in [2.45, 2.75) is 20.8 Å². The standard InChI is InChI=1S/C25H22ClN3O3/c1-15-5-8-21(26)13-23(15)28-24(30)20(14-27)12-19-11-16(2)29(17(19)3)22-9-6-18(7-10-22)25(31)32-4/h5-13H,1-4H3,(H,28,30). The van der Waals surface area contributed by atoms with Crippen LogP contribution in [0.15, 0.2) is 54.1 Å². The molecule has 0 aliphatic rings. The minimum absolute atomic E-state index is 0.0225. The van der Waals surface area contributed by atoms with Crippen molar-refractivity contribution in [3.8, 4) is 11.8 Å². The summed E-state index contributed by atoms with van der Waals surface area (Å²) in [6.07, 6.45) is 1.57. The predicted molar refractivity (Wildman–Crippen MR) is 125 cm³/mol. The summed E-state index contributed by atoms with van der Waals surface area (Å²) in [7, 11) is 1.34. The van der Waals surface area contributed by atoms with Gasteiger partial charge in [-0.1, -0.05) is 17.7 Å². The number of nitrogens with zero attached hydrogens (tertiary/aromatic N) is 2. The number of nitriles is 1. The van der Waals surface area contributed by atoms with Crippen LogP contribution in [0.2, 0.25) is 5.02 Å². The number of benzene rings is 2. The van der Waals surface area contributed by atoms with E-state index >= 15 is 0 Å². The third kappa shape index (κ3) is 4.74. The van der Waals surface area contributed by atoms with Gasteiger partial charge < -0.3 is 14.6 Å². The summed E-state index contributed by atoms with van der Waals surface area (Å²) in [4.78, 5) is 24.4. The van der Waals surface area contributed by atoms with E-state index in [2.05, 4.69) is 5.32 Å². The third-order valence-electron chi connectivity index (χ3n) is 5.13. The van der Waals surface area contributed by atoms with Crippen LogP contribution in [0.5, 0.6) is 0 Å². The van der Waals surface area contributed by atoms with Crippen molar-refractivity contribution >= 4 is 35.2 Å². The molecule has 1 N–H and O–H groups in total. The van der Waals surface area contributed by atoms with Crippen LogP contribution in [0.25, 0.3) is 11.8 Å². The van der Waals surface area contributed by atoms with E-state index in [4.69, 9.17) is 16.3 Å². The summed E-state index contributed by atoms with van der Waals surface area (Å²) in [5.74, 6) is -0.911. The summed E-state index contributed by atoms with van der Waals surface area (Å²) >= 11 is 6.02. The van der Waals surface area contributed by atoms with E-state index in [1.165, 1.54) is 7.11 Å². The van der Waals surface area contributed by atoms with Crippen molar-refractivity contribution in [1.29, 1.82) is 5.26 Å². The fraction of sp³-hybridized carbons (Fsp3) is 0.160. The number of hydrogen-bond acceptors (Lipinski definition) is 4. The first kappa shape index (κ1) is 22.9. The Balaban J connectivity index is 1.92. The minimum atomic E-state index is -0.509. The molecule has 0 bridgehead atoms. The van der Waals surface area contributed by atoms with E-state index in [1.807, 2.05) is 49.6 Å². The van der Waals surface area contributed by atoms with Gasteiger partial charge >= 0.3 is 5.97 Å². The van der Waals surface area contributed by atoms with Crippen LogP contribution in [0.1, 0.15) is 32.9 Å². The lowest BCUT2D eigenvalue weighted by atomic mass is 10.1. The molecule has 162 valence electrons. The van der Waals surface area contributed by atoms with Gasteiger partial charge in [0, 0.05) is 27.8 Å². The molecule has 0 saturated carbocycles. The molecule has 3 aromatic rings. The monoisotopic (exact) mass is 447 g/mol. The molecule has 0 spiro atoms. The Morgan fingerprint density at radius 1 is 1.09 bits per heavy atom. The average molecular weight is 448 g/mol. The number of ether oxygens (including phenoxy) is 1. The zero-order valence-corrected chi connectivity index (χ0v) is 18.9. The number of rotatable bonds is 5. The lowest BCUT2D eigenvalue weighted by Gasteiger charge is -2.10. The molecule has 0 aliphatic heterocycles. The number of aryl methyl sites for hydroxylation is 2. The summed E-state index contributed by atoms with van der Waals surface area (Å²) < 4.78 is 6.73. The number of halogens is 1. The average Bonchev–Trinajstić information content (AvgIpc) is 3.06. The van der Waals surface area contributed by atoms with Crippen molar-refractivity contribution in [2.24, 2.45) is 0 Å². The lowest BCUT2D eigenvalue weighted by Crippen LogP contribution is -2.14. The second kappa shape index (κ2) is 9.54. The molecule has 6 nitrogen and oxygen atoms in total. The Kier molecular flexibility index (Phi) is 6.82. The van der Waals surface area contributed by atoms with E-state index < -0.39 is 11.9 Å². The highest BCUT2D eigenvalue weighted by Gasteiger charge is 2.15. The van der Waals surface area contributed by atoms with Gasteiger partial charge in [-0.2, -0.15) is 5.26 Å². The Morgan fingerprint density at radius 3 is 2.41 bits per heavy atom. The molecule has 0 atom stereocenters. The largest absolute Gasteiger partial charge is 0.465 e. The van der Waals surface area contributed by atoms with Crippen LogP contribution in [-0.4, -0.2) is 23.6 Å². The number of aromatic nitrogens is 1. The van der Waals surface area contributed by atoms with Gasteiger partial charge in [-0.05, 0) is 80.4 Å². The Bertz CT molecular complexity index is 1260. The molecule has 0 unspecified atom stereocenters. The van der Waals surface area contributed by atoms with Gasteiger partial charge in [0.2, 0.25) is 0 Å². The first-order valence-electron chi connectivity index (χ1n) is 9.82. The molecule has 3 rings (SSSR count). The molecule has 0 fully saturated rings.